The van der Waals surface area contributed by atoms with Crippen molar-refractivity contribution in [2.75, 3.05) is 0 Å². The molecule has 2 rings (SSSR count). The normalized spacial score (nSPS) is 12.7. The summed E-state index contributed by atoms with van der Waals surface area (Å²) in [7, 11) is 0. The van der Waals surface area contributed by atoms with E-state index < -0.39 is 6.10 Å². The summed E-state index contributed by atoms with van der Waals surface area (Å²) in [5.41, 5.74) is 0.920. The molecule has 2 nitrogen and oxygen atoms in total. The van der Waals surface area contributed by atoms with E-state index in [1.165, 1.54) is 0 Å². The molecule has 0 saturated heterocycles. The van der Waals surface area contributed by atoms with Crippen LogP contribution in [0, 0.1) is 0 Å². The Balaban J connectivity index is 2.37. The van der Waals surface area contributed by atoms with Crippen LogP contribution in [0.25, 0.3) is 11.3 Å². The number of aliphatic hydroxyl groups is 1. The number of furan rings is 1. The van der Waals surface area contributed by atoms with Gasteiger partial charge in [-0.3, -0.25) is 0 Å². The molecule has 1 atom stereocenters. The highest BCUT2D eigenvalue weighted by atomic mass is 79.9. The second-order valence-corrected chi connectivity index (χ2v) is 5.04. The van der Waals surface area contributed by atoms with Gasteiger partial charge in [-0.2, -0.15) is 0 Å². The van der Waals surface area contributed by atoms with Gasteiger partial charge in [-0.05, 0) is 52.7 Å². The SMILES string of the molecule is CCC(O)c1ccc(-c2ccc(Cl)cc2Br)o1. The van der Waals surface area contributed by atoms with Crippen molar-refractivity contribution >= 4 is 27.5 Å². The van der Waals surface area contributed by atoms with E-state index in [-0.39, 0.29) is 0 Å². The lowest BCUT2D eigenvalue weighted by atomic mass is 10.2. The van der Waals surface area contributed by atoms with Crippen molar-refractivity contribution in [1.82, 2.24) is 0 Å². The van der Waals surface area contributed by atoms with Crippen LogP contribution in [0.4, 0.5) is 0 Å². The maximum absolute atomic E-state index is 9.68. The van der Waals surface area contributed by atoms with Crippen LogP contribution in [-0.4, -0.2) is 5.11 Å². The fraction of sp³-hybridized carbons (Fsp3) is 0.231. The maximum Gasteiger partial charge on any atom is 0.135 e. The van der Waals surface area contributed by atoms with Gasteiger partial charge in [0.15, 0.2) is 0 Å². The van der Waals surface area contributed by atoms with E-state index in [0.29, 0.717) is 17.2 Å². The highest BCUT2D eigenvalue weighted by Gasteiger charge is 2.13. The van der Waals surface area contributed by atoms with Crippen molar-refractivity contribution in [2.24, 2.45) is 0 Å². The van der Waals surface area contributed by atoms with Crippen LogP contribution < -0.4 is 0 Å². The molecule has 0 amide bonds. The molecule has 0 fully saturated rings. The molecule has 1 aromatic carbocycles. The summed E-state index contributed by atoms with van der Waals surface area (Å²) in [6.07, 6.45) is 0.0872. The zero-order valence-electron chi connectivity index (χ0n) is 9.28. The van der Waals surface area contributed by atoms with Gasteiger partial charge in [0.1, 0.15) is 17.6 Å². The number of benzene rings is 1. The minimum absolute atomic E-state index is 0.546. The Kier molecular flexibility index (Phi) is 3.92. The smallest absolute Gasteiger partial charge is 0.135 e. The van der Waals surface area contributed by atoms with E-state index in [9.17, 15) is 5.11 Å². The molecule has 1 heterocycles. The van der Waals surface area contributed by atoms with Gasteiger partial charge < -0.3 is 9.52 Å². The predicted molar refractivity (Wildman–Crippen MR) is 72.1 cm³/mol. The van der Waals surface area contributed by atoms with E-state index in [4.69, 9.17) is 16.0 Å². The van der Waals surface area contributed by atoms with Gasteiger partial charge in [0.2, 0.25) is 0 Å². The van der Waals surface area contributed by atoms with E-state index >= 15 is 0 Å². The van der Waals surface area contributed by atoms with Gasteiger partial charge in [0.05, 0.1) is 0 Å². The standard InChI is InChI=1S/C13H12BrClO2/c1-2-11(16)13-6-5-12(17-13)9-4-3-8(15)7-10(9)14/h3-7,11,16H,2H2,1H3. The first kappa shape index (κ1) is 12.7. The summed E-state index contributed by atoms with van der Waals surface area (Å²) in [5.74, 6) is 1.31. The van der Waals surface area contributed by atoms with Gasteiger partial charge in [-0.1, -0.05) is 18.5 Å². The van der Waals surface area contributed by atoms with Gasteiger partial charge in [0, 0.05) is 15.1 Å². The topological polar surface area (TPSA) is 33.4 Å². The van der Waals surface area contributed by atoms with Crippen molar-refractivity contribution in [2.45, 2.75) is 19.4 Å². The molecule has 90 valence electrons. The molecule has 1 N–H and O–H groups in total. The fourth-order valence-corrected chi connectivity index (χ4v) is 2.45. The third kappa shape index (κ3) is 2.73. The van der Waals surface area contributed by atoms with Crippen molar-refractivity contribution in [1.29, 1.82) is 0 Å². The molecule has 0 radical (unpaired) electrons. The second-order valence-electron chi connectivity index (χ2n) is 3.75. The van der Waals surface area contributed by atoms with Crippen LogP contribution in [0.3, 0.4) is 0 Å². The Labute approximate surface area is 113 Å². The number of hydrogen-bond acceptors (Lipinski definition) is 2. The van der Waals surface area contributed by atoms with Crippen LogP contribution >= 0.6 is 27.5 Å². The van der Waals surface area contributed by atoms with Crippen LogP contribution in [0.1, 0.15) is 25.2 Å². The molecular formula is C13H12BrClO2. The molecular weight excluding hydrogens is 303 g/mol. The molecule has 0 saturated carbocycles. The van der Waals surface area contributed by atoms with Gasteiger partial charge >= 0.3 is 0 Å². The fourth-order valence-electron chi connectivity index (χ4n) is 1.57. The van der Waals surface area contributed by atoms with Crippen LogP contribution in [0.15, 0.2) is 39.2 Å². The zero-order valence-corrected chi connectivity index (χ0v) is 11.6. The monoisotopic (exact) mass is 314 g/mol. The summed E-state index contributed by atoms with van der Waals surface area (Å²) < 4.78 is 6.49. The molecule has 0 bridgehead atoms. The third-order valence-corrected chi connectivity index (χ3v) is 3.43. The Hall–Kier alpha value is -0.770. The molecule has 0 aliphatic heterocycles. The molecule has 1 unspecified atom stereocenters. The molecule has 17 heavy (non-hydrogen) atoms. The number of hydrogen-bond donors (Lipinski definition) is 1. The number of halogens is 2. The van der Waals surface area contributed by atoms with Crippen LogP contribution in [0.5, 0.6) is 0 Å². The first-order valence-corrected chi connectivity index (χ1v) is 6.52. The van der Waals surface area contributed by atoms with Gasteiger partial charge in [0.25, 0.3) is 0 Å². The summed E-state index contributed by atoms with van der Waals surface area (Å²) in [5, 5.41) is 10.3. The minimum atomic E-state index is -0.546. The lowest BCUT2D eigenvalue weighted by molar-refractivity contribution is 0.147. The van der Waals surface area contributed by atoms with Crippen molar-refractivity contribution in [3.05, 3.63) is 45.6 Å². The molecule has 4 heteroatoms. The van der Waals surface area contributed by atoms with Crippen LogP contribution in [0.2, 0.25) is 5.02 Å². The first-order valence-electron chi connectivity index (χ1n) is 5.35. The largest absolute Gasteiger partial charge is 0.458 e. The van der Waals surface area contributed by atoms with Crippen LogP contribution in [-0.2, 0) is 0 Å². The van der Waals surface area contributed by atoms with E-state index in [0.717, 1.165) is 15.8 Å². The summed E-state index contributed by atoms with van der Waals surface area (Å²) in [4.78, 5) is 0. The highest BCUT2D eigenvalue weighted by molar-refractivity contribution is 9.10. The van der Waals surface area contributed by atoms with Crippen molar-refractivity contribution < 1.29 is 9.52 Å². The number of aliphatic hydroxyl groups excluding tert-OH is 1. The minimum Gasteiger partial charge on any atom is -0.458 e. The van der Waals surface area contributed by atoms with Gasteiger partial charge in [-0.25, -0.2) is 0 Å². The highest BCUT2D eigenvalue weighted by Crippen LogP contribution is 2.33. The Bertz CT molecular complexity index is 522. The van der Waals surface area contributed by atoms with E-state index in [2.05, 4.69) is 15.9 Å². The number of rotatable bonds is 3. The third-order valence-electron chi connectivity index (χ3n) is 2.54. The Morgan fingerprint density at radius 3 is 2.76 bits per heavy atom. The molecule has 1 aromatic heterocycles. The Morgan fingerprint density at radius 1 is 1.35 bits per heavy atom. The first-order chi connectivity index (χ1) is 8.11. The molecule has 0 aliphatic rings. The Morgan fingerprint density at radius 2 is 2.12 bits per heavy atom. The second kappa shape index (κ2) is 5.25. The average Bonchev–Trinajstić information content (AvgIpc) is 2.77. The van der Waals surface area contributed by atoms with Crippen molar-refractivity contribution in [3.63, 3.8) is 0 Å². The summed E-state index contributed by atoms with van der Waals surface area (Å²) in [6.45, 7) is 1.91. The lowest BCUT2D eigenvalue weighted by Gasteiger charge is -2.04. The van der Waals surface area contributed by atoms with Gasteiger partial charge in [-0.15, -0.1) is 0 Å². The molecule has 0 spiro atoms. The molecule has 2 aromatic rings. The van der Waals surface area contributed by atoms with Crippen molar-refractivity contribution in [3.8, 4) is 11.3 Å². The maximum atomic E-state index is 9.68. The average molecular weight is 316 g/mol. The van der Waals surface area contributed by atoms with E-state index in [1.807, 2.05) is 25.1 Å². The lowest BCUT2D eigenvalue weighted by Crippen LogP contribution is -1.91. The molecule has 0 aliphatic carbocycles. The quantitative estimate of drug-likeness (QED) is 0.882. The summed E-state index contributed by atoms with van der Waals surface area (Å²) >= 11 is 9.32. The predicted octanol–water partition coefficient (Wildman–Crippen LogP) is 4.81. The summed E-state index contributed by atoms with van der Waals surface area (Å²) in [6, 6.07) is 9.15. The zero-order chi connectivity index (χ0) is 12.4. The van der Waals surface area contributed by atoms with E-state index in [1.54, 1.807) is 12.1 Å².